The van der Waals surface area contributed by atoms with Gasteiger partial charge in [-0.1, -0.05) is 41.5 Å². The first-order valence-corrected chi connectivity index (χ1v) is 33.7. The van der Waals surface area contributed by atoms with Gasteiger partial charge in [0.05, 0.1) is 75.9 Å². The lowest BCUT2D eigenvalue weighted by molar-refractivity contribution is -0.152. The van der Waals surface area contributed by atoms with Crippen LogP contribution in [0.3, 0.4) is 0 Å². The average Bonchev–Trinajstić information content (AvgIpc) is 0.919. The highest BCUT2D eigenvalue weighted by Crippen LogP contribution is 2.16. The molecule has 0 aromatic carbocycles. The van der Waals surface area contributed by atoms with Crippen molar-refractivity contribution in [2.24, 2.45) is 0 Å². The van der Waals surface area contributed by atoms with E-state index in [4.69, 9.17) is 0 Å². The molecule has 0 fully saturated rings. The fourth-order valence-corrected chi connectivity index (χ4v) is 9.95. The number of carbonyl (C=O) groups is 11. The molecule has 0 heterocycles. The van der Waals surface area contributed by atoms with Crippen LogP contribution in [0.25, 0.3) is 0 Å². The molecule has 0 bridgehead atoms. The molecule has 7 N–H and O–H groups in total. The fourth-order valence-electron chi connectivity index (χ4n) is 9.95. The van der Waals surface area contributed by atoms with Crippen molar-refractivity contribution in [3.63, 3.8) is 0 Å². The summed E-state index contributed by atoms with van der Waals surface area (Å²) in [6.45, 7) is 22.3. The van der Waals surface area contributed by atoms with Gasteiger partial charge in [0.15, 0.2) is 0 Å². The van der Waals surface area contributed by atoms with Crippen molar-refractivity contribution in [3.8, 4) is 0 Å². The predicted octanol–water partition coefficient (Wildman–Crippen LogP) is -0.604. The Balaban J connectivity index is 7.02. The van der Waals surface area contributed by atoms with E-state index < -0.39 is 204 Å². The van der Waals surface area contributed by atoms with Crippen molar-refractivity contribution in [2.75, 3.05) is 118 Å². The SMILES string of the molecule is CCC(C)NCC(=O)N(CC(=O)N(CC(=O)N(CC(=O)N(CC(=O)N(CC(=O)N(CC(=O)N(CC(=O)N(CC(=O)N(CC(=O)N(CC(=O)N(C)CC(C)O)C(C)CC)CC(C)O)C(C)CC)CC(C)O)C(C)CC)CC(C)O)C(C)CC)CC(C)O)C(C)CC)CC(C)O. The molecule has 0 rings (SSSR count). The summed E-state index contributed by atoms with van der Waals surface area (Å²) in [6.07, 6.45) is -3.90. The molecule has 0 aliphatic carbocycles. The highest BCUT2D eigenvalue weighted by Gasteiger charge is 2.36. The minimum Gasteiger partial charge on any atom is -0.392 e. The first-order valence-electron chi connectivity index (χ1n) is 33.7. The van der Waals surface area contributed by atoms with E-state index in [0.717, 1.165) is 26.0 Å². The van der Waals surface area contributed by atoms with Crippen molar-refractivity contribution in [3.05, 3.63) is 0 Å². The normalized spacial score (nSPS) is 15.2. The standard InChI is InChI=1S/C65H122N12O17/c1-20-43(7)66-26-55(84)68(28-50(14)79)33-61(90)74(45(9)22-3)39-57(86)70(30-52(16)81)35-63(92)76(47(11)24-5)41-59(88)72(32-54(18)83)37-65(94)77(48(12)25-6)42-60(89)71(31-53(17)82)36-64(93)75(46(10)23-4)40-58(87)69(29-51(15)80)34-62(91)73(44(8)21-2)38-56(85)67(19)27-49(13)78/h43-54,66,78-83H,20-42H2,1-19H3. The third kappa shape index (κ3) is 32.1. The van der Waals surface area contributed by atoms with Gasteiger partial charge in [0, 0.05) is 82.6 Å². The monoisotopic (exact) mass is 1340 g/mol. The number of aliphatic hydroxyl groups is 6. The third-order valence-corrected chi connectivity index (χ3v) is 16.7. The molecule has 0 saturated heterocycles. The number of nitrogens with zero attached hydrogens (tertiary/aromatic N) is 11. The number of nitrogens with one attached hydrogen (secondary N) is 1. The summed E-state index contributed by atoms with van der Waals surface area (Å²) in [7, 11) is 1.49. The molecule has 0 aliphatic rings. The molecule has 11 amide bonds. The van der Waals surface area contributed by atoms with Gasteiger partial charge in [0.1, 0.15) is 32.7 Å². The molecule has 0 saturated carbocycles. The Morgan fingerprint density at radius 2 is 0.457 bits per heavy atom. The smallest absolute Gasteiger partial charge is 0.242 e. The summed E-state index contributed by atoms with van der Waals surface area (Å²) in [6, 6.07) is -2.90. The van der Waals surface area contributed by atoms with E-state index in [1.165, 1.54) is 82.9 Å². The van der Waals surface area contributed by atoms with Crippen molar-refractivity contribution >= 4 is 65.0 Å². The van der Waals surface area contributed by atoms with Gasteiger partial charge in [0.2, 0.25) is 65.0 Å². The lowest BCUT2D eigenvalue weighted by Gasteiger charge is -2.36. The third-order valence-electron chi connectivity index (χ3n) is 16.7. The second-order valence-corrected chi connectivity index (χ2v) is 25.8. The molecule has 544 valence electrons. The summed E-state index contributed by atoms with van der Waals surface area (Å²) in [5, 5.41) is 65.8. The minimum absolute atomic E-state index is 0.00444. The van der Waals surface area contributed by atoms with Gasteiger partial charge in [-0.15, -0.1) is 0 Å². The molecule has 0 aliphatic heterocycles. The number of aliphatic hydroxyl groups excluding tert-OH is 6. The Bertz CT molecular complexity index is 2380. The van der Waals surface area contributed by atoms with Crippen LogP contribution in [0.4, 0.5) is 0 Å². The molecule has 0 aromatic heterocycles. The highest BCUT2D eigenvalue weighted by atomic mass is 16.3. The van der Waals surface area contributed by atoms with E-state index >= 15 is 0 Å². The van der Waals surface area contributed by atoms with Crippen LogP contribution >= 0.6 is 0 Å². The fraction of sp³-hybridized carbons (Fsp3) is 0.831. The molecule has 94 heavy (non-hydrogen) atoms. The van der Waals surface area contributed by atoms with Crippen molar-refractivity contribution in [1.82, 2.24) is 59.2 Å². The van der Waals surface area contributed by atoms with Crippen LogP contribution in [0.15, 0.2) is 0 Å². The molecular weight excluding hydrogens is 1220 g/mol. The molecule has 12 atom stereocenters. The van der Waals surface area contributed by atoms with Gasteiger partial charge in [0.25, 0.3) is 0 Å². The Kier molecular flexibility index (Phi) is 41.7. The highest BCUT2D eigenvalue weighted by molar-refractivity contribution is 5.95. The molecule has 12 unspecified atom stereocenters. The summed E-state index contributed by atoms with van der Waals surface area (Å²) >= 11 is 0. The topological polar surface area (TPSA) is 357 Å². The first-order chi connectivity index (χ1) is 43.7. The van der Waals surface area contributed by atoms with E-state index in [2.05, 4.69) is 5.32 Å². The van der Waals surface area contributed by atoms with Crippen molar-refractivity contribution < 1.29 is 83.4 Å². The van der Waals surface area contributed by atoms with Gasteiger partial charge in [-0.2, -0.15) is 0 Å². The number of carbonyl (C=O) groups excluding carboxylic acids is 11. The van der Waals surface area contributed by atoms with Crippen LogP contribution in [-0.4, -0.2) is 341 Å². The Hall–Kier alpha value is -6.11. The minimum atomic E-state index is -1.20. The van der Waals surface area contributed by atoms with E-state index in [0.29, 0.717) is 32.1 Å². The van der Waals surface area contributed by atoms with E-state index in [1.54, 1.807) is 62.3 Å². The molecular formula is C65H122N12O17. The van der Waals surface area contributed by atoms with Crippen LogP contribution in [-0.2, 0) is 52.7 Å². The summed E-state index contributed by atoms with van der Waals surface area (Å²) in [4.78, 5) is 169. The van der Waals surface area contributed by atoms with Gasteiger partial charge in [-0.25, -0.2) is 0 Å². The Morgan fingerprint density at radius 1 is 0.266 bits per heavy atom. The van der Waals surface area contributed by atoms with Crippen LogP contribution in [0, 0.1) is 0 Å². The maximum absolute atomic E-state index is 14.6. The predicted molar refractivity (Wildman–Crippen MR) is 356 cm³/mol. The molecule has 29 heteroatoms. The maximum Gasteiger partial charge on any atom is 0.242 e. The number of hydrogen-bond donors (Lipinski definition) is 7. The maximum atomic E-state index is 14.6. The van der Waals surface area contributed by atoms with E-state index in [-0.39, 0.29) is 45.3 Å². The number of amides is 11. The van der Waals surface area contributed by atoms with E-state index in [1.807, 2.05) is 20.8 Å². The van der Waals surface area contributed by atoms with E-state index in [9.17, 15) is 83.4 Å². The lowest BCUT2D eigenvalue weighted by Crippen LogP contribution is -2.56. The second-order valence-electron chi connectivity index (χ2n) is 25.8. The number of rotatable bonds is 46. The van der Waals surface area contributed by atoms with Crippen LogP contribution in [0.5, 0.6) is 0 Å². The van der Waals surface area contributed by atoms with Crippen molar-refractivity contribution in [2.45, 2.75) is 236 Å². The lowest BCUT2D eigenvalue weighted by atomic mass is 10.1. The molecule has 0 radical (unpaired) electrons. The molecule has 0 spiro atoms. The molecule has 29 nitrogen and oxygen atoms in total. The largest absolute Gasteiger partial charge is 0.392 e. The molecule has 0 aromatic rings. The Morgan fingerprint density at radius 3 is 0.638 bits per heavy atom. The van der Waals surface area contributed by atoms with Crippen LogP contribution < -0.4 is 5.32 Å². The zero-order valence-corrected chi connectivity index (χ0v) is 60.3. The van der Waals surface area contributed by atoms with Crippen LogP contribution in [0.1, 0.15) is 163 Å². The second kappa shape index (κ2) is 44.6. The number of likely N-dealkylation sites (N-methyl/N-ethyl adjacent to an activating group) is 1. The summed E-state index contributed by atoms with van der Waals surface area (Å²) < 4.78 is 0. The quantitative estimate of drug-likeness (QED) is 0.0400. The summed E-state index contributed by atoms with van der Waals surface area (Å²) in [5.41, 5.74) is 0. The van der Waals surface area contributed by atoms with Gasteiger partial charge < -0.3 is 89.9 Å². The first kappa shape index (κ1) is 87.9. The average molecular weight is 1340 g/mol. The van der Waals surface area contributed by atoms with Crippen molar-refractivity contribution in [1.29, 1.82) is 0 Å². The zero-order valence-electron chi connectivity index (χ0n) is 60.3. The van der Waals surface area contributed by atoms with Gasteiger partial charge in [-0.3, -0.25) is 52.7 Å². The van der Waals surface area contributed by atoms with Gasteiger partial charge in [-0.05, 0) is 122 Å². The Labute approximate surface area is 560 Å². The van der Waals surface area contributed by atoms with Gasteiger partial charge >= 0.3 is 0 Å². The van der Waals surface area contributed by atoms with Crippen LogP contribution in [0.2, 0.25) is 0 Å². The number of hydrogen-bond acceptors (Lipinski definition) is 18. The summed E-state index contributed by atoms with van der Waals surface area (Å²) in [5.74, 6) is -7.29. The zero-order chi connectivity index (χ0) is 72.6.